The Balaban J connectivity index is 1.89. The van der Waals surface area contributed by atoms with Crippen LogP contribution < -0.4 is 9.47 Å². The van der Waals surface area contributed by atoms with Gasteiger partial charge in [-0.3, -0.25) is 0 Å². The van der Waals surface area contributed by atoms with E-state index >= 15 is 0 Å². The zero-order valence-corrected chi connectivity index (χ0v) is 14.8. The Morgan fingerprint density at radius 3 is 2.50 bits per heavy atom. The Kier molecular flexibility index (Phi) is 4.30. The van der Waals surface area contributed by atoms with Crippen LogP contribution in [0.15, 0.2) is 0 Å². The van der Waals surface area contributed by atoms with Gasteiger partial charge in [-0.2, -0.15) is 0 Å². The summed E-state index contributed by atoms with van der Waals surface area (Å²) in [5, 5.41) is 0.714. The second-order valence-corrected chi connectivity index (χ2v) is 7.37. The molecule has 1 saturated carbocycles. The number of halogens is 1. The largest absolute Gasteiger partial charge is 0.490 e. The van der Waals surface area contributed by atoms with Crippen LogP contribution in [-0.4, -0.2) is 37.7 Å². The van der Waals surface area contributed by atoms with Crippen LogP contribution in [0.2, 0.25) is 5.02 Å². The fraction of sp³-hybridized carbons (Fsp3) is 0.667. The predicted molar refractivity (Wildman–Crippen MR) is 90.5 cm³/mol. The number of hydrogen-bond donors (Lipinski definition) is 0. The van der Waals surface area contributed by atoms with Crippen LogP contribution in [0.4, 0.5) is 0 Å². The minimum atomic E-state index is 0.0980. The van der Waals surface area contributed by atoms with E-state index in [0.29, 0.717) is 11.6 Å². The summed E-state index contributed by atoms with van der Waals surface area (Å²) in [4.78, 5) is 2.11. The van der Waals surface area contributed by atoms with Gasteiger partial charge in [0.25, 0.3) is 0 Å². The smallest absolute Gasteiger partial charge is 0.141 e. The maximum Gasteiger partial charge on any atom is 0.141 e. The lowest BCUT2D eigenvalue weighted by Crippen LogP contribution is -2.46. The van der Waals surface area contributed by atoms with Gasteiger partial charge < -0.3 is 14.4 Å². The highest BCUT2D eigenvalue weighted by Crippen LogP contribution is 2.50. The molecule has 0 amide bonds. The van der Waals surface area contributed by atoms with Gasteiger partial charge in [0.05, 0.1) is 5.02 Å². The van der Waals surface area contributed by atoms with Crippen molar-refractivity contribution in [3.8, 4) is 11.5 Å². The third-order valence-electron chi connectivity index (χ3n) is 5.14. The maximum atomic E-state index is 6.59. The second-order valence-electron chi connectivity index (χ2n) is 6.99. The van der Waals surface area contributed by atoms with Crippen LogP contribution in [0.5, 0.6) is 11.5 Å². The van der Waals surface area contributed by atoms with Crippen molar-refractivity contribution in [2.24, 2.45) is 0 Å². The third kappa shape index (κ3) is 2.69. The topological polar surface area (TPSA) is 21.7 Å². The highest BCUT2D eigenvalue weighted by atomic mass is 35.5. The molecule has 22 heavy (non-hydrogen) atoms. The van der Waals surface area contributed by atoms with Gasteiger partial charge in [-0.25, -0.2) is 0 Å². The van der Waals surface area contributed by atoms with E-state index in [1.54, 1.807) is 0 Å². The molecule has 0 aromatic heterocycles. The molecule has 0 N–H and O–H groups in total. The monoisotopic (exact) mass is 323 g/mol. The quantitative estimate of drug-likeness (QED) is 0.831. The summed E-state index contributed by atoms with van der Waals surface area (Å²) in [6, 6.07) is 0. The van der Waals surface area contributed by atoms with Crippen molar-refractivity contribution in [3.05, 3.63) is 21.7 Å². The van der Waals surface area contributed by atoms with Crippen LogP contribution in [-0.2, 0) is 6.42 Å². The molecular weight excluding hydrogens is 298 g/mol. The van der Waals surface area contributed by atoms with E-state index in [9.17, 15) is 0 Å². The lowest BCUT2D eigenvalue weighted by molar-refractivity contribution is -0.0257. The van der Waals surface area contributed by atoms with Crippen molar-refractivity contribution in [2.75, 3.05) is 27.2 Å². The summed E-state index contributed by atoms with van der Waals surface area (Å²) >= 11 is 6.59. The third-order valence-corrected chi connectivity index (χ3v) is 5.59. The van der Waals surface area contributed by atoms with Gasteiger partial charge in [0, 0.05) is 17.7 Å². The first-order valence-electron chi connectivity index (χ1n) is 8.21. The number of hydrogen-bond acceptors (Lipinski definition) is 3. The van der Waals surface area contributed by atoms with Gasteiger partial charge in [0.2, 0.25) is 0 Å². The Bertz CT molecular complexity index is 579. The maximum absolute atomic E-state index is 6.59. The highest BCUT2D eigenvalue weighted by molar-refractivity contribution is 6.33. The summed E-state index contributed by atoms with van der Waals surface area (Å²) in [6.07, 6.45) is 5.85. The van der Waals surface area contributed by atoms with Gasteiger partial charge in [0.15, 0.2) is 0 Å². The molecule has 1 fully saturated rings. The van der Waals surface area contributed by atoms with Crippen molar-refractivity contribution >= 4 is 11.6 Å². The van der Waals surface area contributed by atoms with E-state index in [1.165, 1.54) is 24.8 Å². The average molecular weight is 324 g/mol. The zero-order chi connectivity index (χ0) is 15.9. The molecular formula is C18H26ClNO2. The molecule has 1 aliphatic carbocycles. The zero-order valence-electron chi connectivity index (χ0n) is 14.1. The van der Waals surface area contributed by atoms with E-state index in [0.717, 1.165) is 42.0 Å². The molecule has 1 aromatic rings. The molecule has 1 aromatic carbocycles. The van der Waals surface area contributed by atoms with Crippen LogP contribution in [0.3, 0.4) is 0 Å². The molecule has 4 heteroatoms. The number of nitrogens with zero attached hydrogens (tertiary/aromatic N) is 1. The van der Waals surface area contributed by atoms with Crippen molar-refractivity contribution in [3.63, 3.8) is 0 Å². The summed E-state index contributed by atoms with van der Waals surface area (Å²) in [5.41, 5.74) is 3.58. The Morgan fingerprint density at radius 1 is 1.18 bits per heavy atom. The van der Waals surface area contributed by atoms with Crippen LogP contribution in [0.1, 0.15) is 42.4 Å². The molecule has 0 unspecified atom stereocenters. The van der Waals surface area contributed by atoms with Crippen molar-refractivity contribution in [1.82, 2.24) is 4.90 Å². The standard InChI is InChI=1S/C18H26ClNO2/c1-12-14-6-9-18(7-5-8-18)22-16(14)13(2)15(19)17(12)21-11-10-20(3)4/h5-11H2,1-4H3. The van der Waals surface area contributed by atoms with Gasteiger partial charge in [-0.1, -0.05) is 11.6 Å². The van der Waals surface area contributed by atoms with E-state index < -0.39 is 0 Å². The highest BCUT2D eigenvalue weighted by Gasteiger charge is 2.43. The van der Waals surface area contributed by atoms with Crippen molar-refractivity contribution in [1.29, 1.82) is 0 Å². The number of benzene rings is 1. The van der Waals surface area contributed by atoms with E-state index in [-0.39, 0.29) is 5.60 Å². The summed E-state index contributed by atoms with van der Waals surface area (Å²) in [7, 11) is 4.09. The molecule has 3 rings (SSSR count). The van der Waals surface area contributed by atoms with Gasteiger partial charge in [-0.05, 0) is 65.6 Å². The van der Waals surface area contributed by atoms with Crippen molar-refractivity contribution in [2.45, 2.75) is 51.6 Å². The predicted octanol–water partition coefficient (Wildman–Crippen LogP) is 4.14. The molecule has 0 atom stereocenters. The summed E-state index contributed by atoms with van der Waals surface area (Å²) < 4.78 is 12.4. The Hall–Kier alpha value is -0.930. The number of ether oxygens (including phenoxy) is 2. The van der Waals surface area contributed by atoms with E-state index in [2.05, 4.69) is 18.7 Å². The molecule has 122 valence electrons. The minimum absolute atomic E-state index is 0.0980. The number of rotatable bonds is 4. The van der Waals surface area contributed by atoms with Crippen LogP contribution >= 0.6 is 11.6 Å². The SMILES string of the molecule is Cc1c2c(c(C)c(Cl)c1OCCN(C)C)OC1(CCC1)CC2. The Morgan fingerprint density at radius 2 is 1.91 bits per heavy atom. The van der Waals surface area contributed by atoms with Crippen LogP contribution in [0.25, 0.3) is 0 Å². The normalized spacial score (nSPS) is 18.8. The second kappa shape index (κ2) is 5.93. The van der Waals surface area contributed by atoms with E-state index in [1.807, 2.05) is 14.1 Å². The molecule has 2 aliphatic rings. The molecule has 1 aliphatic heterocycles. The molecule has 0 saturated heterocycles. The first kappa shape index (κ1) is 15.9. The Labute approximate surface area is 138 Å². The lowest BCUT2D eigenvalue weighted by Gasteiger charge is -2.46. The minimum Gasteiger partial charge on any atom is -0.490 e. The molecule has 3 nitrogen and oxygen atoms in total. The first-order valence-corrected chi connectivity index (χ1v) is 8.59. The number of likely N-dealkylation sites (N-methyl/N-ethyl adjacent to an activating group) is 1. The van der Waals surface area contributed by atoms with Gasteiger partial charge in [-0.15, -0.1) is 0 Å². The summed E-state index contributed by atoms with van der Waals surface area (Å²) in [5.74, 6) is 1.86. The van der Waals surface area contributed by atoms with Crippen LogP contribution in [0, 0.1) is 13.8 Å². The molecule has 1 heterocycles. The average Bonchev–Trinajstić information content (AvgIpc) is 2.46. The fourth-order valence-electron chi connectivity index (χ4n) is 3.45. The lowest BCUT2D eigenvalue weighted by atomic mass is 9.74. The van der Waals surface area contributed by atoms with Gasteiger partial charge >= 0.3 is 0 Å². The first-order chi connectivity index (χ1) is 10.4. The molecule has 0 bridgehead atoms. The molecule has 1 spiro atoms. The number of fused-ring (bicyclic) bond motifs is 1. The summed E-state index contributed by atoms with van der Waals surface area (Å²) in [6.45, 7) is 5.69. The molecule has 0 radical (unpaired) electrons. The fourth-order valence-corrected chi connectivity index (χ4v) is 3.73. The van der Waals surface area contributed by atoms with Gasteiger partial charge in [0.1, 0.15) is 23.7 Å². The van der Waals surface area contributed by atoms with Crippen molar-refractivity contribution < 1.29 is 9.47 Å². The van der Waals surface area contributed by atoms with E-state index in [4.69, 9.17) is 21.1 Å².